The zero-order chi connectivity index (χ0) is 17.2. The van der Waals surface area contributed by atoms with Gasteiger partial charge in [-0.25, -0.2) is 0 Å². The fraction of sp³-hybridized carbons (Fsp3) is 0.467. The average molecular weight is 392 g/mol. The van der Waals surface area contributed by atoms with Gasteiger partial charge in [-0.05, 0) is 28.8 Å². The average Bonchev–Trinajstić information content (AvgIpc) is 3.22. The van der Waals surface area contributed by atoms with Crippen molar-refractivity contribution in [2.75, 3.05) is 13.1 Å². The van der Waals surface area contributed by atoms with Crippen LogP contribution in [0.2, 0.25) is 0 Å². The standard InChI is InChI=1S/C15H17BrF3N3O/c1-3-7-21(8-4-2)11(23)9-22-13(10-5-6-10)12(16)14(20-22)15(17,18)19/h3-4,10H,1-2,5-9H2. The summed E-state index contributed by atoms with van der Waals surface area (Å²) >= 11 is 3.01. The minimum atomic E-state index is -4.56. The monoisotopic (exact) mass is 391 g/mol. The van der Waals surface area contributed by atoms with Crippen LogP contribution in [0.3, 0.4) is 0 Å². The van der Waals surface area contributed by atoms with Crippen molar-refractivity contribution in [3.8, 4) is 0 Å². The van der Waals surface area contributed by atoms with Crippen molar-refractivity contribution in [1.82, 2.24) is 14.7 Å². The van der Waals surface area contributed by atoms with Gasteiger partial charge in [0.2, 0.25) is 5.91 Å². The summed E-state index contributed by atoms with van der Waals surface area (Å²) in [4.78, 5) is 13.8. The fourth-order valence-corrected chi connectivity index (χ4v) is 3.15. The third kappa shape index (κ3) is 4.04. The number of aromatic nitrogens is 2. The Morgan fingerprint density at radius 1 is 1.35 bits per heavy atom. The van der Waals surface area contributed by atoms with Gasteiger partial charge in [0.05, 0.1) is 10.2 Å². The Balaban J connectivity index is 2.29. The maximum Gasteiger partial charge on any atom is 0.436 e. The topological polar surface area (TPSA) is 38.1 Å². The first-order valence-electron chi connectivity index (χ1n) is 7.12. The van der Waals surface area contributed by atoms with Gasteiger partial charge in [-0.2, -0.15) is 18.3 Å². The van der Waals surface area contributed by atoms with E-state index < -0.39 is 11.9 Å². The highest BCUT2D eigenvalue weighted by Crippen LogP contribution is 2.46. The summed E-state index contributed by atoms with van der Waals surface area (Å²) in [6.07, 6.45) is 0.170. The molecule has 1 aliphatic carbocycles. The van der Waals surface area contributed by atoms with Crippen LogP contribution in [0.1, 0.15) is 30.1 Å². The number of carbonyl (C=O) groups is 1. The number of nitrogens with zero attached hydrogens (tertiary/aromatic N) is 3. The first kappa shape index (κ1) is 17.8. The molecule has 0 unspecified atom stereocenters. The predicted molar refractivity (Wildman–Crippen MR) is 83.9 cm³/mol. The first-order chi connectivity index (χ1) is 10.8. The van der Waals surface area contributed by atoms with Crippen LogP contribution in [0.4, 0.5) is 13.2 Å². The molecule has 0 saturated heterocycles. The van der Waals surface area contributed by atoms with E-state index in [-0.39, 0.29) is 22.8 Å². The van der Waals surface area contributed by atoms with Crippen LogP contribution in [-0.4, -0.2) is 33.7 Å². The molecular formula is C15H17BrF3N3O. The zero-order valence-corrected chi connectivity index (χ0v) is 14.0. The molecule has 1 aliphatic rings. The Morgan fingerprint density at radius 3 is 2.35 bits per heavy atom. The fourth-order valence-electron chi connectivity index (χ4n) is 2.32. The van der Waals surface area contributed by atoms with E-state index in [0.717, 1.165) is 12.8 Å². The lowest BCUT2D eigenvalue weighted by molar-refractivity contribution is -0.142. The maximum absolute atomic E-state index is 13.0. The van der Waals surface area contributed by atoms with Crippen LogP contribution in [-0.2, 0) is 17.5 Å². The molecule has 1 saturated carbocycles. The van der Waals surface area contributed by atoms with Crippen molar-refractivity contribution in [2.24, 2.45) is 0 Å². The summed E-state index contributed by atoms with van der Waals surface area (Å²) in [5.41, 5.74) is -0.533. The molecule has 0 bridgehead atoms. The van der Waals surface area contributed by atoms with Gasteiger partial charge in [0.25, 0.3) is 0 Å². The lowest BCUT2D eigenvalue weighted by Gasteiger charge is -2.19. The zero-order valence-electron chi connectivity index (χ0n) is 12.4. The summed E-state index contributed by atoms with van der Waals surface area (Å²) in [5, 5.41) is 3.63. The summed E-state index contributed by atoms with van der Waals surface area (Å²) in [7, 11) is 0. The van der Waals surface area contributed by atoms with Gasteiger partial charge in [-0.3, -0.25) is 9.48 Å². The molecule has 4 nitrogen and oxygen atoms in total. The predicted octanol–water partition coefficient (Wildman–Crippen LogP) is 3.74. The highest BCUT2D eigenvalue weighted by Gasteiger charge is 2.42. The Labute approximate surface area is 140 Å². The van der Waals surface area contributed by atoms with Crippen LogP contribution in [0.15, 0.2) is 29.8 Å². The van der Waals surface area contributed by atoms with Crippen LogP contribution >= 0.6 is 15.9 Å². The maximum atomic E-state index is 13.0. The summed E-state index contributed by atoms with van der Waals surface area (Å²) < 4.78 is 40.2. The Bertz CT molecular complexity index is 610. The molecule has 23 heavy (non-hydrogen) atoms. The molecule has 0 spiro atoms. The SMILES string of the molecule is C=CCN(CC=C)C(=O)Cn1nc(C(F)(F)F)c(Br)c1C1CC1. The third-order valence-electron chi connectivity index (χ3n) is 3.50. The summed E-state index contributed by atoms with van der Waals surface area (Å²) in [6.45, 7) is 7.52. The summed E-state index contributed by atoms with van der Waals surface area (Å²) in [6, 6.07) is 0. The van der Waals surface area contributed by atoms with E-state index in [9.17, 15) is 18.0 Å². The highest BCUT2D eigenvalue weighted by atomic mass is 79.9. The molecule has 1 fully saturated rings. The number of rotatable bonds is 7. The van der Waals surface area contributed by atoms with E-state index in [0.29, 0.717) is 18.8 Å². The van der Waals surface area contributed by atoms with Crippen molar-refractivity contribution >= 4 is 21.8 Å². The normalized spacial score (nSPS) is 14.6. The van der Waals surface area contributed by atoms with E-state index in [1.54, 1.807) is 12.2 Å². The van der Waals surface area contributed by atoms with Gasteiger partial charge >= 0.3 is 6.18 Å². The molecular weight excluding hydrogens is 375 g/mol. The molecule has 126 valence electrons. The second-order valence-electron chi connectivity index (χ2n) is 5.35. The van der Waals surface area contributed by atoms with Crippen molar-refractivity contribution in [1.29, 1.82) is 0 Å². The van der Waals surface area contributed by atoms with Crippen molar-refractivity contribution in [2.45, 2.75) is 31.5 Å². The third-order valence-corrected chi connectivity index (χ3v) is 4.28. The largest absolute Gasteiger partial charge is 0.436 e. The van der Waals surface area contributed by atoms with Crippen molar-refractivity contribution in [3.63, 3.8) is 0 Å². The van der Waals surface area contributed by atoms with Gasteiger partial charge in [0, 0.05) is 19.0 Å². The molecule has 1 heterocycles. The minimum Gasteiger partial charge on any atom is -0.334 e. The number of alkyl halides is 3. The summed E-state index contributed by atoms with van der Waals surface area (Å²) in [5.74, 6) is -0.302. The first-order valence-corrected chi connectivity index (χ1v) is 7.91. The molecule has 0 aromatic carbocycles. The van der Waals surface area contributed by atoms with Crippen LogP contribution in [0.5, 0.6) is 0 Å². The lowest BCUT2D eigenvalue weighted by Crippen LogP contribution is -2.34. The second-order valence-corrected chi connectivity index (χ2v) is 6.15. The van der Waals surface area contributed by atoms with Gasteiger partial charge in [0.1, 0.15) is 6.54 Å². The second kappa shape index (κ2) is 6.90. The molecule has 1 amide bonds. The quantitative estimate of drug-likeness (QED) is 0.664. The lowest BCUT2D eigenvalue weighted by atomic mass is 10.2. The number of carbonyl (C=O) groups excluding carboxylic acids is 1. The van der Waals surface area contributed by atoms with Crippen molar-refractivity contribution < 1.29 is 18.0 Å². The van der Waals surface area contributed by atoms with Crippen LogP contribution < -0.4 is 0 Å². The molecule has 2 rings (SSSR count). The van der Waals surface area contributed by atoms with Gasteiger partial charge in [0.15, 0.2) is 5.69 Å². The molecule has 1 aromatic rings. The Morgan fingerprint density at radius 2 is 1.91 bits per heavy atom. The number of hydrogen-bond acceptors (Lipinski definition) is 2. The number of hydrogen-bond donors (Lipinski definition) is 0. The van der Waals surface area contributed by atoms with E-state index in [1.165, 1.54) is 9.58 Å². The van der Waals surface area contributed by atoms with Gasteiger partial charge in [-0.1, -0.05) is 12.2 Å². The van der Waals surface area contributed by atoms with E-state index in [2.05, 4.69) is 34.2 Å². The molecule has 0 radical (unpaired) electrons. The molecule has 0 N–H and O–H groups in total. The molecule has 0 atom stereocenters. The van der Waals surface area contributed by atoms with Crippen LogP contribution in [0, 0.1) is 0 Å². The Kier molecular flexibility index (Phi) is 5.33. The number of amides is 1. The van der Waals surface area contributed by atoms with E-state index in [4.69, 9.17) is 0 Å². The van der Waals surface area contributed by atoms with Gasteiger partial charge < -0.3 is 4.90 Å². The van der Waals surface area contributed by atoms with E-state index in [1.807, 2.05) is 0 Å². The van der Waals surface area contributed by atoms with Crippen molar-refractivity contribution in [3.05, 3.63) is 41.2 Å². The van der Waals surface area contributed by atoms with Gasteiger partial charge in [-0.15, -0.1) is 13.2 Å². The smallest absolute Gasteiger partial charge is 0.334 e. The molecule has 0 aliphatic heterocycles. The minimum absolute atomic E-state index is 0.0213. The van der Waals surface area contributed by atoms with Crippen LogP contribution in [0.25, 0.3) is 0 Å². The van der Waals surface area contributed by atoms with E-state index >= 15 is 0 Å². The highest BCUT2D eigenvalue weighted by molar-refractivity contribution is 9.10. The molecule has 1 aromatic heterocycles. The number of halogens is 4. The molecule has 8 heteroatoms. The Hall–Kier alpha value is -1.57.